The first-order chi connectivity index (χ1) is 7.74. The van der Waals surface area contributed by atoms with Crippen molar-refractivity contribution in [1.82, 2.24) is 4.90 Å². The van der Waals surface area contributed by atoms with Crippen molar-refractivity contribution < 1.29 is 9.94 Å². The molecular weight excluding hydrogens is 226 g/mol. The quantitative estimate of drug-likeness (QED) is 0.197. The van der Waals surface area contributed by atoms with Crippen molar-refractivity contribution >= 4 is 17.6 Å². The van der Waals surface area contributed by atoms with Crippen molar-refractivity contribution in [1.29, 1.82) is 0 Å². The standard InChI is InChI=1S/C10H23N3O2S/c1-15-8-7-13(5-3-9-16-2)6-4-10(11)12-14/h14H,3-9H2,1-2H3,(H2,11,12). The van der Waals surface area contributed by atoms with Gasteiger partial charge in [0.15, 0.2) is 0 Å². The highest BCUT2D eigenvalue weighted by molar-refractivity contribution is 7.98. The molecule has 16 heavy (non-hydrogen) atoms. The van der Waals surface area contributed by atoms with Gasteiger partial charge in [-0.05, 0) is 25.0 Å². The zero-order valence-electron chi connectivity index (χ0n) is 10.2. The van der Waals surface area contributed by atoms with Crippen molar-refractivity contribution in [2.75, 3.05) is 45.4 Å². The van der Waals surface area contributed by atoms with Crippen LogP contribution in [0.5, 0.6) is 0 Å². The molecule has 3 N–H and O–H groups in total. The van der Waals surface area contributed by atoms with Crippen LogP contribution >= 0.6 is 11.8 Å². The van der Waals surface area contributed by atoms with E-state index in [4.69, 9.17) is 15.7 Å². The topological polar surface area (TPSA) is 71.1 Å². The molecule has 0 spiro atoms. The molecule has 0 saturated carbocycles. The zero-order valence-corrected chi connectivity index (χ0v) is 11.0. The second-order valence-corrected chi connectivity index (χ2v) is 4.51. The van der Waals surface area contributed by atoms with Gasteiger partial charge in [-0.25, -0.2) is 0 Å². The highest BCUT2D eigenvalue weighted by atomic mass is 32.2. The van der Waals surface area contributed by atoms with E-state index in [2.05, 4.69) is 16.3 Å². The number of methoxy groups -OCH3 is 1. The molecule has 6 heteroatoms. The fourth-order valence-electron chi connectivity index (χ4n) is 1.31. The van der Waals surface area contributed by atoms with Crippen LogP contribution in [0.2, 0.25) is 0 Å². The van der Waals surface area contributed by atoms with Gasteiger partial charge in [0.2, 0.25) is 0 Å². The molecule has 0 atom stereocenters. The summed E-state index contributed by atoms with van der Waals surface area (Å²) in [4.78, 5) is 2.28. The average Bonchev–Trinajstić information content (AvgIpc) is 2.31. The fourth-order valence-corrected chi connectivity index (χ4v) is 1.73. The lowest BCUT2D eigenvalue weighted by Crippen LogP contribution is -2.32. The monoisotopic (exact) mass is 249 g/mol. The van der Waals surface area contributed by atoms with E-state index < -0.39 is 0 Å². The summed E-state index contributed by atoms with van der Waals surface area (Å²) >= 11 is 1.85. The molecule has 0 aliphatic heterocycles. The van der Waals surface area contributed by atoms with Gasteiger partial charge < -0.3 is 20.6 Å². The Balaban J connectivity index is 3.79. The molecule has 0 radical (unpaired) electrons. The van der Waals surface area contributed by atoms with Gasteiger partial charge in [0.05, 0.1) is 6.61 Å². The minimum atomic E-state index is 0.285. The van der Waals surface area contributed by atoms with Crippen LogP contribution in [0.3, 0.4) is 0 Å². The largest absolute Gasteiger partial charge is 0.409 e. The molecule has 0 fully saturated rings. The Bertz CT molecular complexity index is 191. The normalized spacial score (nSPS) is 12.3. The highest BCUT2D eigenvalue weighted by Gasteiger charge is 2.05. The number of ether oxygens (including phenoxy) is 1. The van der Waals surface area contributed by atoms with Crippen LogP contribution < -0.4 is 5.73 Å². The van der Waals surface area contributed by atoms with E-state index in [1.165, 1.54) is 0 Å². The summed E-state index contributed by atoms with van der Waals surface area (Å²) in [6.07, 6.45) is 3.86. The Morgan fingerprint density at radius 1 is 1.44 bits per heavy atom. The smallest absolute Gasteiger partial charge is 0.140 e. The van der Waals surface area contributed by atoms with E-state index in [1.54, 1.807) is 7.11 Å². The second-order valence-electron chi connectivity index (χ2n) is 3.52. The maximum atomic E-state index is 8.45. The molecule has 5 nitrogen and oxygen atoms in total. The molecule has 0 rings (SSSR count). The average molecular weight is 249 g/mol. The first-order valence-corrected chi connectivity index (χ1v) is 6.80. The summed E-state index contributed by atoms with van der Waals surface area (Å²) in [5.41, 5.74) is 5.44. The van der Waals surface area contributed by atoms with E-state index in [9.17, 15) is 0 Å². The molecule has 96 valence electrons. The third kappa shape index (κ3) is 8.82. The zero-order chi connectivity index (χ0) is 12.2. The lowest BCUT2D eigenvalue weighted by molar-refractivity contribution is 0.149. The van der Waals surface area contributed by atoms with Gasteiger partial charge in [0, 0.05) is 26.6 Å². The van der Waals surface area contributed by atoms with E-state index in [1.807, 2.05) is 11.8 Å². The number of oxime groups is 1. The molecule has 0 aromatic carbocycles. The van der Waals surface area contributed by atoms with Gasteiger partial charge >= 0.3 is 0 Å². The molecule has 0 aliphatic carbocycles. The Morgan fingerprint density at radius 3 is 2.75 bits per heavy atom. The molecule has 0 heterocycles. The lowest BCUT2D eigenvalue weighted by Gasteiger charge is -2.21. The molecule has 0 aliphatic rings. The SMILES string of the molecule is COCCN(CCCSC)CCC(N)=NO. The number of amidine groups is 1. The van der Waals surface area contributed by atoms with Crippen LogP contribution in [0.1, 0.15) is 12.8 Å². The van der Waals surface area contributed by atoms with Crippen molar-refractivity contribution in [2.24, 2.45) is 10.9 Å². The summed E-state index contributed by atoms with van der Waals surface area (Å²) in [7, 11) is 1.70. The first-order valence-electron chi connectivity index (χ1n) is 5.41. The van der Waals surface area contributed by atoms with Crippen molar-refractivity contribution in [3.63, 3.8) is 0 Å². The maximum absolute atomic E-state index is 8.45. The summed E-state index contributed by atoms with van der Waals surface area (Å²) in [5, 5.41) is 11.4. The first kappa shape index (κ1) is 15.5. The maximum Gasteiger partial charge on any atom is 0.140 e. The van der Waals surface area contributed by atoms with Gasteiger partial charge in [-0.3, -0.25) is 0 Å². The summed E-state index contributed by atoms with van der Waals surface area (Å²) < 4.78 is 5.05. The number of hydrogen-bond donors (Lipinski definition) is 2. The number of nitrogens with two attached hydrogens (primary N) is 1. The van der Waals surface area contributed by atoms with Crippen molar-refractivity contribution in [3.8, 4) is 0 Å². The number of nitrogens with zero attached hydrogens (tertiary/aromatic N) is 2. The Kier molecular flexibility index (Phi) is 10.7. The summed E-state index contributed by atoms with van der Waals surface area (Å²) in [5.74, 6) is 1.44. The molecule has 0 amide bonds. The third-order valence-corrected chi connectivity index (χ3v) is 2.94. The number of hydrogen-bond acceptors (Lipinski definition) is 5. The van der Waals surface area contributed by atoms with Crippen molar-refractivity contribution in [2.45, 2.75) is 12.8 Å². The van der Waals surface area contributed by atoms with Crippen LogP contribution in [0.15, 0.2) is 5.16 Å². The van der Waals surface area contributed by atoms with Gasteiger partial charge in [-0.15, -0.1) is 0 Å². The highest BCUT2D eigenvalue weighted by Crippen LogP contribution is 2.00. The summed E-state index contributed by atoms with van der Waals surface area (Å²) in [6, 6.07) is 0. The predicted octanol–water partition coefficient (Wildman–Crippen LogP) is 0.824. The van der Waals surface area contributed by atoms with Crippen LogP contribution in [-0.2, 0) is 4.74 Å². The Morgan fingerprint density at radius 2 is 2.19 bits per heavy atom. The minimum absolute atomic E-state index is 0.285. The lowest BCUT2D eigenvalue weighted by atomic mass is 10.3. The number of rotatable bonds is 10. The molecule has 0 unspecified atom stereocenters. The minimum Gasteiger partial charge on any atom is -0.409 e. The van der Waals surface area contributed by atoms with E-state index in [-0.39, 0.29) is 5.84 Å². The van der Waals surface area contributed by atoms with E-state index in [0.717, 1.165) is 38.4 Å². The third-order valence-electron chi connectivity index (χ3n) is 2.25. The Hall–Kier alpha value is -0.460. The van der Waals surface area contributed by atoms with Crippen LogP contribution in [0.25, 0.3) is 0 Å². The van der Waals surface area contributed by atoms with E-state index in [0.29, 0.717) is 6.42 Å². The second kappa shape index (κ2) is 11.0. The van der Waals surface area contributed by atoms with Gasteiger partial charge in [0.25, 0.3) is 0 Å². The molecule has 0 aromatic heterocycles. The fraction of sp³-hybridized carbons (Fsp3) is 0.900. The van der Waals surface area contributed by atoms with Gasteiger partial charge in [-0.2, -0.15) is 11.8 Å². The predicted molar refractivity (Wildman–Crippen MR) is 69.3 cm³/mol. The Labute approximate surface area is 102 Å². The van der Waals surface area contributed by atoms with Gasteiger partial charge in [0.1, 0.15) is 5.84 Å². The van der Waals surface area contributed by atoms with E-state index >= 15 is 0 Å². The number of thioether (sulfide) groups is 1. The van der Waals surface area contributed by atoms with Crippen LogP contribution in [0, 0.1) is 0 Å². The van der Waals surface area contributed by atoms with Crippen LogP contribution in [-0.4, -0.2) is 61.3 Å². The van der Waals surface area contributed by atoms with Crippen molar-refractivity contribution in [3.05, 3.63) is 0 Å². The molecular formula is C10H23N3O2S. The van der Waals surface area contributed by atoms with Gasteiger partial charge in [-0.1, -0.05) is 5.16 Å². The summed E-state index contributed by atoms with van der Waals surface area (Å²) in [6.45, 7) is 3.45. The molecule has 0 aromatic rings. The van der Waals surface area contributed by atoms with Crippen LogP contribution in [0.4, 0.5) is 0 Å². The molecule has 0 bridgehead atoms. The molecule has 0 saturated heterocycles.